The van der Waals surface area contributed by atoms with Gasteiger partial charge in [0.2, 0.25) is 5.91 Å². The number of phenolic OH excluding ortho intramolecular Hbond substituents is 1. The topological polar surface area (TPSA) is 104 Å². The summed E-state index contributed by atoms with van der Waals surface area (Å²) < 4.78 is 5.10. The second-order valence-electron chi connectivity index (χ2n) is 4.84. The van der Waals surface area contributed by atoms with Crippen LogP contribution < -0.4 is 10.7 Å². The normalized spacial score (nSPS) is 11.1. The van der Waals surface area contributed by atoms with Gasteiger partial charge in [0, 0.05) is 5.71 Å². The zero-order valence-corrected chi connectivity index (χ0v) is 12.6. The fraction of sp³-hybridized carbons (Fsp3) is 0.188. The van der Waals surface area contributed by atoms with E-state index in [0.717, 1.165) is 0 Å². The molecular formula is C16H17N3O4. The van der Waals surface area contributed by atoms with Crippen LogP contribution in [0.4, 0.5) is 0 Å². The average Bonchev–Trinajstić information content (AvgIpc) is 3.04. The molecular weight excluding hydrogens is 298 g/mol. The van der Waals surface area contributed by atoms with Crippen LogP contribution >= 0.6 is 0 Å². The molecule has 2 amide bonds. The van der Waals surface area contributed by atoms with E-state index in [1.807, 2.05) is 0 Å². The number of carbonyl (C=O) groups excluding carboxylic acids is 2. The van der Waals surface area contributed by atoms with Crippen LogP contribution in [-0.2, 0) is 11.3 Å². The first-order valence-electron chi connectivity index (χ1n) is 6.97. The second kappa shape index (κ2) is 7.79. The first-order chi connectivity index (χ1) is 11.1. The van der Waals surface area contributed by atoms with Crippen molar-refractivity contribution in [3.63, 3.8) is 0 Å². The third kappa shape index (κ3) is 4.99. The molecule has 2 aromatic rings. The predicted molar refractivity (Wildman–Crippen MR) is 83.9 cm³/mol. The van der Waals surface area contributed by atoms with Crippen molar-refractivity contribution < 1.29 is 19.1 Å². The van der Waals surface area contributed by atoms with Crippen LogP contribution in [0.1, 0.15) is 29.5 Å². The molecule has 7 heteroatoms. The standard InChI is InChI=1S/C16H17N3O4/c1-11(9-15(21)17-10-12-5-4-8-23-12)18-19-16(22)13-6-2-3-7-14(13)20/h2-8,20H,9-10H2,1H3,(H,17,21)(H,19,22). The minimum atomic E-state index is -0.543. The van der Waals surface area contributed by atoms with E-state index < -0.39 is 5.91 Å². The molecule has 1 heterocycles. The summed E-state index contributed by atoms with van der Waals surface area (Å²) in [7, 11) is 0. The Morgan fingerprint density at radius 3 is 2.70 bits per heavy atom. The van der Waals surface area contributed by atoms with Gasteiger partial charge < -0.3 is 14.8 Å². The summed E-state index contributed by atoms with van der Waals surface area (Å²) in [6, 6.07) is 9.63. The smallest absolute Gasteiger partial charge is 0.275 e. The van der Waals surface area contributed by atoms with Crippen molar-refractivity contribution in [2.75, 3.05) is 0 Å². The van der Waals surface area contributed by atoms with Crippen molar-refractivity contribution >= 4 is 17.5 Å². The summed E-state index contributed by atoms with van der Waals surface area (Å²) in [5.41, 5.74) is 2.86. The van der Waals surface area contributed by atoms with Gasteiger partial charge >= 0.3 is 0 Å². The lowest BCUT2D eigenvalue weighted by atomic mass is 10.2. The van der Waals surface area contributed by atoms with E-state index >= 15 is 0 Å². The highest BCUT2D eigenvalue weighted by molar-refractivity contribution is 6.01. The summed E-state index contributed by atoms with van der Waals surface area (Å²) in [5.74, 6) is -0.257. The number of nitrogens with one attached hydrogen (secondary N) is 2. The van der Waals surface area contributed by atoms with Gasteiger partial charge in [-0.2, -0.15) is 5.10 Å². The molecule has 120 valence electrons. The third-order valence-corrected chi connectivity index (χ3v) is 2.95. The molecule has 0 saturated heterocycles. The highest BCUT2D eigenvalue weighted by Crippen LogP contribution is 2.14. The van der Waals surface area contributed by atoms with Crippen LogP contribution in [0.25, 0.3) is 0 Å². The summed E-state index contributed by atoms with van der Waals surface area (Å²) >= 11 is 0. The Balaban J connectivity index is 1.81. The summed E-state index contributed by atoms with van der Waals surface area (Å²) in [5, 5.41) is 16.1. The van der Waals surface area contributed by atoms with Crippen LogP contribution in [0.15, 0.2) is 52.2 Å². The molecule has 7 nitrogen and oxygen atoms in total. The summed E-state index contributed by atoms with van der Waals surface area (Å²) in [4.78, 5) is 23.6. The second-order valence-corrected chi connectivity index (χ2v) is 4.84. The maximum absolute atomic E-state index is 11.8. The van der Waals surface area contributed by atoms with Gasteiger partial charge in [-0.3, -0.25) is 9.59 Å². The number of hydrazone groups is 1. The van der Waals surface area contributed by atoms with Crippen LogP contribution in [0.3, 0.4) is 0 Å². The van der Waals surface area contributed by atoms with Crippen molar-refractivity contribution in [2.24, 2.45) is 5.10 Å². The van der Waals surface area contributed by atoms with Crippen LogP contribution in [0, 0.1) is 0 Å². The molecule has 23 heavy (non-hydrogen) atoms. The molecule has 3 N–H and O–H groups in total. The summed E-state index contributed by atoms with van der Waals surface area (Å²) in [6.45, 7) is 1.92. The molecule has 0 unspecified atom stereocenters. The highest BCUT2D eigenvalue weighted by atomic mass is 16.3. The lowest BCUT2D eigenvalue weighted by Crippen LogP contribution is -2.26. The average molecular weight is 315 g/mol. The molecule has 0 aliphatic carbocycles. The number of furan rings is 1. The Kier molecular flexibility index (Phi) is 5.51. The monoisotopic (exact) mass is 315 g/mol. The van der Waals surface area contributed by atoms with E-state index in [4.69, 9.17) is 4.42 Å². The molecule has 0 radical (unpaired) electrons. The number of rotatable bonds is 6. The highest BCUT2D eigenvalue weighted by Gasteiger charge is 2.10. The Morgan fingerprint density at radius 1 is 1.22 bits per heavy atom. The predicted octanol–water partition coefficient (Wildman–Crippen LogP) is 1.80. The number of hydrogen-bond donors (Lipinski definition) is 3. The molecule has 0 fully saturated rings. The van der Waals surface area contributed by atoms with E-state index in [1.54, 1.807) is 31.2 Å². The number of para-hydroxylation sites is 1. The van der Waals surface area contributed by atoms with E-state index in [0.29, 0.717) is 18.0 Å². The fourth-order valence-corrected chi connectivity index (χ4v) is 1.81. The molecule has 0 saturated carbocycles. The molecule has 1 aromatic heterocycles. The van der Waals surface area contributed by atoms with Gasteiger partial charge in [0.05, 0.1) is 24.8 Å². The minimum absolute atomic E-state index is 0.0434. The van der Waals surface area contributed by atoms with Crippen molar-refractivity contribution in [1.82, 2.24) is 10.7 Å². The fourth-order valence-electron chi connectivity index (χ4n) is 1.81. The number of carbonyl (C=O) groups is 2. The van der Waals surface area contributed by atoms with Gasteiger partial charge in [0.25, 0.3) is 5.91 Å². The Labute approximate surface area is 133 Å². The van der Waals surface area contributed by atoms with Gasteiger partial charge in [0.15, 0.2) is 0 Å². The molecule has 0 atom stereocenters. The maximum atomic E-state index is 11.8. The van der Waals surface area contributed by atoms with E-state index in [9.17, 15) is 14.7 Å². The quantitative estimate of drug-likeness (QED) is 0.558. The Morgan fingerprint density at radius 2 is 2.00 bits per heavy atom. The minimum Gasteiger partial charge on any atom is -0.507 e. The zero-order chi connectivity index (χ0) is 16.7. The first-order valence-corrected chi connectivity index (χ1v) is 6.97. The van der Waals surface area contributed by atoms with Crippen molar-refractivity contribution in [3.05, 3.63) is 54.0 Å². The van der Waals surface area contributed by atoms with Gasteiger partial charge in [-0.15, -0.1) is 0 Å². The van der Waals surface area contributed by atoms with Crippen molar-refractivity contribution in [2.45, 2.75) is 19.9 Å². The molecule has 0 aliphatic heterocycles. The number of hydrogen-bond acceptors (Lipinski definition) is 5. The molecule has 1 aromatic carbocycles. The van der Waals surface area contributed by atoms with Gasteiger partial charge in [-0.1, -0.05) is 12.1 Å². The van der Waals surface area contributed by atoms with Gasteiger partial charge in [0.1, 0.15) is 11.5 Å². The molecule has 0 bridgehead atoms. The van der Waals surface area contributed by atoms with E-state index in [-0.39, 0.29) is 23.6 Å². The first kappa shape index (κ1) is 16.3. The van der Waals surface area contributed by atoms with Crippen molar-refractivity contribution in [3.8, 4) is 5.75 Å². The molecule has 2 rings (SSSR count). The lowest BCUT2D eigenvalue weighted by Gasteiger charge is -2.05. The lowest BCUT2D eigenvalue weighted by molar-refractivity contribution is -0.120. The molecule has 0 spiro atoms. The Hall–Kier alpha value is -3.09. The largest absolute Gasteiger partial charge is 0.507 e. The summed E-state index contributed by atoms with van der Waals surface area (Å²) in [6.07, 6.45) is 1.57. The SMILES string of the molecule is CC(CC(=O)NCc1ccco1)=NNC(=O)c1ccccc1O. The van der Waals surface area contributed by atoms with E-state index in [2.05, 4.69) is 15.8 Å². The van der Waals surface area contributed by atoms with Crippen molar-refractivity contribution in [1.29, 1.82) is 0 Å². The number of benzene rings is 1. The van der Waals surface area contributed by atoms with Gasteiger partial charge in [-0.25, -0.2) is 5.43 Å². The third-order valence-electron chi connectivity index (χ3n) is 2.95. The number of nitrogens with zero attached hydrogens (tertiary/aromatic N) is 1. The zero-order valence-electron chi connectivity index (χ0n) is 12.6. The number of phenols is 1. The van der Waals surface area contributed by atoms with E-state index in [1.165, 1.54) is 18.4 Å². The van der Waals surface area contributed by atoms with Crippen LogP contribution in [0.2, 0.25) is 0 Å². The molecule has 0 aliphatic rings. The maximum Gasteiger partial charge on any atom is 0.275 e. The number of amides is 2. The van der Waals surface area contributed by atoms with Crippen LogP contribution in [0.5, 0.6) is 5.75 Å². The van der Waals surface area contributed by atoms with Crippen LogP contribution in [-0.4, -0.2) is 22.6 Å². The Bertz CT molecular complexity index is 708. The van der Waals surface area contributed by atoms with Gasteiger partial charge in [-0.05, 0) is 31.2 Å². The number of aromatic hydroxyl groups is 1.